The molecular formula is C33H24N4. The van der Waals surface area contributed by atoms with Crippen LogP contribution in [0.1, 0.15) is 11.1 Å². The Kier molecular flexibility index (Phi) is 5.16. The number of aromatic nitrogens is 1. The van der Waals surface area contributed by atoms with Crippen molar-refractivity contribution in [3.63, 3.8) is 0 Å². The van der Waals surface area contributed by atoms with Gasteiger partial charge in [-0.25, -0.2) is 0 Å². The maximum absolute atomic E-state index is 4.84. The highest BCUT2D eigenvalue weighted by molar-refractivity contribution is 6.06. The standard InChI is InChI=1S/C33H24N4/c1-3-10-25(11-4-1)32-33(26-12-5-2-6-13-26)37(36-35-32)29-19-17-23(18-20-29)28-21-27-16-15-24-9-7-8-14-30(24)31(27)34-22-28/h1-22,35-36H. The van der Waals surface area contributed by atoms with Crippen molar-refractivity contribution in [2.45, 2.75) is 0 Å². The molecule has 0 spiro atoms. The Morgan fingerprint density at radius 1 is 0.541 bits per heavy atom. The van der Waals surface area contributed by atoms with Crippen molar-refractivity contribution in [2.24, 2.45) is 0 Å². The van der Waals surface area contributed by atoms with Crippen LogP contribution in [0.5, 0.6) is 0 Å². The van der Waals surface area contributed by atoms with Gasteiger partial charge in [-0.15, -0.1) is 5.53 Å². The minimum atomic E-state index is 1.04. The second-order valence-corrected chi connectivity index (χ2v) is 9.16. The quantitative estimate of drug-likeness (QED) is 0.260. The molecular weight excluding hydrogens is 452 g/mol. The third-order valence-corrected chi connectivity index (χ3v) is 6.90. The van der Waals surface area contributed by atoms with Gasteiger partial charge in [0.05, 0.1) is 22.6 Å². The predicted molar refractivity (Wildman–Crippen MR) is 153 cm³/mol. The first-order valence-electron chi connectivity index (χ1n) is 12.4. The van der Waals surface area contributed by atoms with Crippen LogP contribution in [0, 0.1) is 0 Å². The number of rotatable bonds is 4. The third-order valence-electron chi connectivity index (χ3n) is 6.90. The highest BCUT2D eigenvalue weighted by Gasteiger charge is 2.25. The van der Waals surface area contributed by atoms with Crippen molar-refractivity contribution in [3.05, 3.63) is 145 Å². The monoisotopic (exact) mass is 476 g/mol. The van der Waals surface area contributed by atoms with Crippen LogP contribution in [-0.2, 0) is 0 Å². The van der Waals surface area contributed by atoms with E-state index in [0.717, 1.165) is 50.2 Å². The van der Waals surface area contributed by atoms with Gasteiger partial charge in [-0.05, 0) is 29.1 Å². The molecule has 37 heavy (non-hydrogen) atoms. The maximum Gasteiger partial charge on any atom is 0.0919 e. The fourth-order valence-electron chi connectivity index (χ4n) is 5.05. The van der Waals surface area contributed by atoms with Crippen LogP contribution < -0.4 is 16.0 Å². The van der Waals surface area contributed by atoms with E-state index in [1.807, 2.05) is 18.3 Å². The summed E-state index contributed by atoms with van der Waals surface area (Å²) in [6, 6.07) is 44.4. The van der Waals surface area contributed by atoms with Gasteiger partial charge in [-0.2, -0.15) is 0 Å². The number of nitrogens with zero attached hydrogens (tertiary/aromatic N) is 2. The first-order valence-corrected chi connectivity index (χ1v) is 12.4. The largest absolute Gasteiger partial charge is 0.301 e. The van der Waals surface area contributed by atoms with E-state index in [1.54, 1.807) is 0 Å². The Hall–Kier alpha value is -4.93. The van der Waals surface area contributed by atoms with Gasteiger partial charge in [0.25, 0.3) is 0 Å². The summed E-state index contributed by atoms with van der Waals surface area (Å²) in [5.41, 5.74) is 15.5. The SMILES string of the molecule is c1ccc(C2=C(c3ccccc3)N(c3ccc(-c4cnc5c(ccc6ccccc65)c4)cc3)NN2)cc1. The molecule has 5 aromatic carbocycles. The van der Waals surface area contributed by atoms with Crippen LogP contribution in [0.4, 0.5) is 5.69 Å². The Balaban J connectivity index is 1.26. The average molecular weight is 477 g/mol. The Labute approximate surface area is 215 Å². The van der Waals surface area contributed by atoms with Gasteiger partial charge in [-0.3, -0.25) is 9.99 Å². The molecule has 0 radical (unpaired) electrons. The Morgan fingerprint density at radius 2 is 1.22 bits per heavy atom. The summed E-state index contributed by atoms with van der Waals surface area (Å²) in [5.74, 6) is 0. The van der Waals surface area contributed by atoms with E-state index < -0.39 is 0 Å². The van der Waals surface area contributed by atoms with Crippen LogP contribution in [0.2, 0.25) is 0 Å². The van der Waals surface area contributed by atoms with E-state index >= 15 is 0 Å². The van der Waals surface area contributed by atoms with Crippen molar-refractivity contribution in [3.8, 4) is 11.1 Å². The molecule has 0 saturated carbocycles. The molecule has 0 bridgehead atoms. The minimum absolute atomic E-state index is 1.04. The number of hydrazine groups is 2. The zero-order valence-corrected chi connectivity index (χ0v) is 20.1. The third kappa shape index (κ3) is 3.80. The van der Waals surface area contributed by atoms with Crippen molar-refractivity contribution in [1.29, 1.82) is 0 Å². The van der Waals surface area contributed by atoms with Crippen LogP contribution in [0.25, 0.3) is 44.2 Å². The number of hydrogen-bond donors (Lipinski definition) is 2. The van der Waals surface area contributed by atoms with E-state index in [-0.39, 0.29) is 0 Å². The van der Waals surface area contributed by atoms with Crippen LogP contribution >= 0.6 is 0 Å². The first-order chi connectivity index (χ1) is 18.3. The minimum Gasteiger partial charge on any atom is -0.301 e. The molecule has 0 saturated heterocycles. The molecule has 176 valence electrons. The highest BCUT2D eigenvalue weighted by atomic mass is 15.7. The molecule has 0 fully saturated rings. The number of pyridine rings is 1. The topological polar surface area (TPSA) is 40.2 Å². The van der Waals surface area contributed by atoms with Crippen molar-refractivity contribution in [2.75, 3.05) is 5.01 Å². The molecule has 1 aromatic heterocycles. The van der Waals surface area contributed by atoms with Gasteiger partial charge >= 0.3 is 0 Å². The number of anilines is 1. The smallest absolute Gasteiger partial charge is 0.0919 e. The van der Waals surface area contributed by atoms with Gasteiger partial charge < -0.3 is 5.43 Å². The molecule has 0 aliphatic carbocycles. The molecule has 0 unspecified atom stereocenters. The maximum atomic E-state index is 4.84. The first kappa shape index (κ1) is 21.4. The van der Waals surface area contributed by atoms with Gasteiger partial charge in [0, 0.05) is 33.7 Å². The van der Waals surface area contributed by atoms with Crippen molar-refractivity contribution >= 4 is 38.8 Å². The number of fused-ring (bicyclic) bond motifs is 3. The van der Waals surface area contributed by atoms with Gasteiger partial charge in [0.1, 0.15) is 0 Å². The van der Waals surface area contributed by atoms with Crippen LogP contribution in [0.3, 0.4) is 0 Å². The molecule has 0 amide bonds. The summed E-state index contributed by atoms with van der Waals surface area (Å²) in [6.45, 7) is 0. The lowest BCUT2D eigenvalue weighted by Crippen LogP contribution is -2.37. The van der Waals surface area contributed by atoms with Crippen LogP contribution in [0.15, 0.2) is 134 Å². The summed E-state index contributed by atoms with van der Waals surface area (Å²) >= 11 is 0. The summed E-state index contributed by atoms with van der Waals surface area (Å²) in [6.07, 6.45) is 1.97. The number of hydrogen-bond acceptors (Lipinski definition) is 4. The Morgan fingerprint density at radius 3 is 2.00 bits per heavy atom. The molecule has 2 heterocycles. The van der Waals surface area contributed by atoms with Gasteiger partial charge in [0.2, 0.25) is 0 Å². The van der Waals surface area contributed by atoms with Crippen molar-refractivity contribution < 1.29 is 0 Å². The molecule has 7 rings (SSSR count). The molecule has 6 aromatic rings. The predicted octanol–water partition coefficient (Wildman–Crippen LogP) is 7.41. The second kappa shape index (κ2) is 8.94. The normalized spacial score (nSPS) is 13.4. The highest BCUT2D eigenvalue weighted by Crippen LogP contribution is 2.35. The average Bonchev–Trinajstić information content (AvgIpc) is 3.43. The summed E-state index contributed by atoms with van der Waals surface area (Å²) in [7, 11) is 0. The number of nitrogens with one attached hydrogen (secondary N) is 2. The summed E-state index contributed by atoms with van der Waals surface area (Å²) in [4.78, 5) is 4.84. The molecule has 2 N–H and O–H groups in total. The van der Waals surface area contributed by atoms with Gasteiger partial charge in [-0.1, -0.05) is 109 Å². The second-order valence-electron chi connectivity index (χ2n) is 9.16. The molecule has 4 heteroatoms. The number of benzene rings is 5. The lowest BCUT2D eigenvalue weighted by Gasteiger charge is -2.22. The van der Waals surface area contributed by atoms with Gasteiger partial charge in [0.15, 0.2) is 0 Å². The van der Waals surface area contributed by atoms with Crippen LogP contribution in [-0.4, -0.2) is 4.98 Å². The molecule has 1 aliphatic heterocycles. The molecule has 4 nitrogen and oxygen atoms in total. The lowest BCUT2D eigenvalue weighted by molar-refractivity contribution is 0.693. The van der Waals surface area contributed by atoms with E-state index in [4.69, 9.17) is 4.98 Å². The summed E-state index contributed by atoms with van der Waals surface area (Å²) in [5, 5.41) is 5.64. The van der Waals surface area contributed by atoms with E-state index in [1.165, 1.54) is 10.8 Å². The lowest BCUT2D eigenvalue weighted by atomic mass is 10.0. The zero-order valence-electron chi connectivity index (χ0n) is 20.1. The van der Waals surface area contributed by atoms with E-state index in [9.17, 15) is 0 Å². The van der Waals surface area contributed by atoms with E-state index in [2.05, 4.69) is 131 Å². The van der Waals surface area contributed by atoms with Crippen molar-refractivity contribution in [1.82, 2.24) is 15.9 Å². The fraction of sp³-hybridized carbons (Fsp3) is 0. The Bertz CT molecular complexity index is 1760. The van der Waals surface area contributed by atoms with E-state index in [0.29, 0.717) is 0 Å². The zero-order chi connectivity index (χ0) is 24.6. The molecule has 1 aliphatic rings. The molecule has 0 atom stereocenters. The fourth-order valence-corrected chi connectivity index (χ4v) is 5.05. The summed E-state index contributed by atoms with van der Waals surface area (Å²) < 4.78 is 0.